The van der Waals surface area contributed by atoms with E-state index in [4.69, 9.17) is 4.74 Å². The van der Waals surface area contributed by atoms with Crippen LogP contribution in [0.5, 0.6) is 5.75 Å². The maximum absolute atomic E-state index is 13.3. The third-order valence-electron chi connectivity index (χ3n) is 7.67. The van der Waals surface area contributed by atoms with E-state index < -0.39 is 10.0 Å². The second-order valence-corrected chi connectivity index (χ2v) is 12.2. The number of amides is 2. The van der Waals surface area contributed by atoms with Gasteiger partial charge in [-0.05, 0) is 64.2 Å². The van der Waals surface area contributed by atoms with Gasteiger partial charge in [0.25, 0.3) is 5.91 Å². The lowest BCUT2D eigenvalue weighted by atomic mass is 9.97. The Bertz CT molecular complexity index is 1030. The highest BCUT2D eigenvalue weighted by Crippen LogP contribution is 2.35. The lowest BCUT2D eigenvalue weighted by Gasteiger charge is -2.39. The third-order valence-corrected chi connectivity index (χ3v) is 9.56. The first-order valence-corrected chi connectivity index (χ1v) is 14.8. The molecule has 10 heteroatoms. The highest BCUT2D eigenvalue weighted by molar-refractivity contribution is 7.89. The number of nitrogens with zero attached hydrogens (tertiary/aromatic N) is 3. The fourth-order valence-corrected chi connectivity index (χ4v) is 7.09. The lowest BCUT2D eigenvalue weighted by molar-refractivity contribution is -0.125. The van der Waals surface area contributed by atoms with Gasteiger partial charge in [0.2, 0.25) is 15.9 Å². The summed E-state index contributed by atoms with van der Waals surface area (Å²) in [7, 11) is -3.69. The molecule has 0 aromatic heterocycles. The SMILES string of the molecule is CC1CCCC(C)N1CCCNC(=O)CN1C(=O)COc2ccc(S(=O)(=O)N3CCCCCC3)cc21. The van der Waals surface area contributed by atoms with E-state index >= 15 is 0 Å². The second-order valence-electron chi connectivity index (χ2n) is 10.3. The molecule has 36 heavy (non-hydrogen) atoms. The van der Waals surface area contributed by atoms with Crippen LogP contribution in [0.2, 0.25) is 0 Å². The molecule has 4 rings (SSSR count). The lowest BCUT2D eigenvalue weighted by Crippen LogP contribution is -2.46. The van der Waals surface area contributed by atoms with Gasteiger partial charge in [0.1, 0.15) is 12.3 Å². The zero-order valence-electron chi connectivity index (χ0n) is 21.6. The number of fused-ring (bicyclic) bond motifs is 1. The predicted molar refractivity (Wildman–Crippen MR) is 139 cm³/mol. The van der Waals surface area contributed by atoms with Gasteiger partial charge in [-0.2, -0.15) is 4.31 Å². The molecule has 2 unspecified atom stereocenters. The molecule has 0 saturated carbocycles. The number of piperidine rings is 1. The number of hydrogen-bond donors (Lipinski definition) is 1. The molecule has 0 aliphatic carbocycles. The van der Waals surface area contributed by atoms with Gasteiger partial charge in [0.15, 0.2) is 6.61 Å². The Balaban J connectivity index is 1.39. The summed E-state index contributed by atoms with van der Waals surface area (Å²) in [6.45, 7) is 6.63. The average molecular weight is 521 g/mol. The molecule has 200 valence electrons. The van der Waals surface area contributed by atoms with Gasteiger partial charge in [-0.3, -0.25) is 19.4 Å². The number of carbonyl (C=O) groups excluding carboxylic acids is 2. The van der Waals surface area contributed by atoms with Crippen LogP contribution in [0.3, 0.4) is 0 Å². The van der Waals surface area contributed by atoms with Crippen molar-refractivity contribution in [3.63, 3.8) is 0 Å². The monoisotopic (exact) mass is 520 g/mol. The zero-order valence-corrected chi connectivity index (χ0v) is 22.4. The minimum Gasteiger partial charge on any atom is -0.482 e. The van der Waals surface area contributed by atoms with Gasteiger partial charge < -0.3 is 10.1 Å². The van der Waals surface area contributed by atoms with Gasteiger partial charge in [-0.15, -0.1) is 0 Å². The van der Waals surface area contributed by atoms with Crippen LogP contribution < -0.4 is 15.0 Å². The third kappa shape index (κ3) is 6.20. The Kier molecular flexibility index (Phi) is 8.90. The normalized spacial score (nSPS) is 24.1. The summed E-state index contributed by atoms with van der Waals surface area (Å²) in [5.41, 5.74) is 0.327. The fraction of sp³-hybridized carbons (Fsp3) is 0.692. The van der Waals surface area contributed by atoms with Crippen molar-refractivity contribution >= 4 is 27.5 Å². The molecular formula is C26H40N4O5S. The number of anilines is 1. The Labute approximate surface area is 215 Å². The molecule has 9 nitrogen and oxygen atoms in total. The van der Waals surface area contributed by atoms with Crippen molar-refractivity contribution in [1.82, 2.24) is 14.5 Å². The van der Waals surface area contributed by atoms with Crippen molar-refractivity contribution in [3.05, 3.63) is 18.2 Å². The molecule has 3 aliphatic rings. The summed E-state index contributed by atoms with van der Waals surface area (Å²) < 4.78 is 33.6. The first-order valence-electron chi connectivity index (χ1n) is 13.4. The Morgan fingerprint density at radius 3 is 2.44 bits per heavy atom. The Morgan fingerprint density at radius 2 is 1.75 bits per heavy atom. The first kappa shape index (κ1) is 26.9. The smallest absolute Gasteiger partial charge is 0.265 e. The van der Waals surface area contributed by atoms with Crippen LogP contribution in [-0.2, 0) is 19.6 Å². The van der Waals surface area contributed by atoms with Gasteiger partial charge in [0, 0.05) is 38.3 Å². The quantitative estimate of drug-likeness (QED) is 0.529. The van der Waals surface area contributed by atoms with E-state index in [-0.39, 0.29) is 29.9 Å². The van der Waals surface area contributed by atoms with Gasteiger partial charge >= 0.3 is 0 Å². The van der Waals surface area contributed by atoms with Crippen LogP contribution in [0.25, 0.3) is 0 Å². The van der Waals surface area contributed by atoms with Crippen molar-refractivity contribution in [2.24, 2.45) is 0 Å². The van der Waals surface area contributed by atoms with Gasteiger partial charge in [0.05, 0.1) is 10.6 Å². The molecule has 2 amide bonds. The molecule has 2 fully saturated rings. The highest BCUT2D eigenvalue weighted by atomic mass is 32.2. The number of ether oxygens (including phenoxy) is 1. The summed E-state index contributed by atoms with van der Waals surface area (Å²) in [4.78, 5) is 29.4. The maximum Gasteiger partial charge on any atom is 0.265 e. The highest BCUT2D eigenvalue weighted by Gasteiger charge is 2.31. The molecule has 3 heterocycles. The summed E-state index contributed by atoms with van der Waals surface area (Å²) >= 11 is 0. The van der Waals surface area contributed by atoms with Crippen LogP contribution in [0.15, 0.2) is 23.1 Å². The summed E-state index contributed by atoms with van der Waals surface area (Å²) in [5.74, 6) is -0.222. The number of sulfonamides is 1. The van der Waals surface area contributed by atoms with Crippen LogP contribution >= 0.6 is 0 Å². The largest absolute Gasteiger partial charge is 0.482 e. The number of carbonyl (C=O) groups is 2. The van der Waals surface area contributed by atoms with Gasteiger partial charge in [-0.25, -0.2) is 8.42 Å². The van der Waals surface area contributed by atoms with Crippen LogP contribution in [0.4, 0.5) is 5.69 Å². The van der Waals surface area contributed by atoms with Crippen LogP contribution in [-0.4, -0.2) is 80.9 Å². The van der Waals surface area contributed by atoms with E-state index in [9.17, 15) is 18.0 Å². The number of rotatable bonds is 8. The minimum atomic E-state index is -3.69. The van der Waals surface area contributed by atoms with Crippen molar-refractivity contribution in [2.45, 2.75) is 82.2 Å². The molecule has 1 aromatic carbocycles. The van der Waals surface area contributed by atoms with Crippen molar-refractivity contribution in [2.75, 3.05) is 44.2 Å². The Hall–Kier alpha value is -2.17. The maximum atomic E-state index is 13.3. The van der Waals surface area contributed by atoms with Crippen molar-refractivity contribution in [1.29, 1.82) is 0 Å². The molecule has 0 radical (unpaired) electrons. The van der Waals surface area contributed by atoms with Crippen molar-refractivity contribution in [3.8, 4) is 5.75 Å². The van der Waals surface area contributed by atoms with E-state index in [0.717, 1.165) is 38.6 Å². The fourth-order valence-electron chi connectivity index (χ4n) is 5.55. The van der Waals surface area contributed by atoms with E-state index in [1.165, 1.54) is 40.6 Å². The number of hydrogen-bond acceptors (Lipinski definition) is 6. The van der Waals surface area contributed by atoms with E-state index in [2.05, 4.69) is 24.1 Å². The molecular weight excluding hydrogens is 480 g/mol. The molecule has 0 bridgehead atoms. The molecule has 0 spiro atoms. The average Bonchev–Trinajstić information content (AvgIpc) is 3.15. The van der Waals surface area contributed by atoms with Gasteiger partial charge in [-0.1, -0.05) is 19.3 Å². The van der Waals surface area contributed by atoms with E-state index in [1.807, 2.05) is 0 Å². The molecule has 2 atom stereocenters. The number of nitrogens with one attached hydrogen (secondary N) is 1. The Morgan fingerprint density at radius 1 is 1.06 bits per heavy atom. The number of benzene rings is 1. The number of likely N-dealkylation sites (tertiary alicyclic amines) is 1. The second kappa shape index (κ2) is 11.9. The summed E-state index contributed by atoms with van der Waals surface area (Å²) in [6, 6.07) is 5.70. The van der Waals surface area contributed by atoms with Crippen molar-refractivity contribution < 1.29 is 22.7 Å². The topological polar surface area (TPSA) is 99.3 Å². The molecule has 3 aliphatic heterocycles. The van der Waals surface area contributed by atoms with Crippen LogP contribution in [0, 0.1) is 0 Å². The molecule has 1 N–H and O–H groups in total. The molecule has 1 aromatic rings. The standard InChI is InChI=1S/C26H40N4O5S/c1-20-9-7-10-21(2)29(20)16-8-13-27-25(31)18-30-23-17-22(11-12-24(23)35-19-26(30)32)36(33,34)28-14-5-3-4-6-15-28/h11-12,17,20-21H,3-10,13-16,18-19H2,1-2H3,(H,27,31). The molecule has 2 saturated heterocycles. The first-order chi connectivity index (χ1) is 17.3. The summed E-state index contributed by atoms with van der Waals surface area (Å²) in [5, 5.41) is 2.93. The summed E-state index contributed by atoms with van der Waals surface area (Å²) in [6.07, 6.45) is 8.27. The van der Waals surface area contributed by atoms with Crippen LogP contribution in [0.1, 0.15) is 65.2 Å². The predicted octanol–water partition coefficient (Wildman–Crippen LogP) is 2.75. The van der Waals surface area contributed by atoms with E-state index in [0.29, 0.717) is 43.2 Å². The van der Waals surface area contributed by atoms with E-state index in [1.54, 1.807) is 6.07 Å². The zero-order chi connectivity index (χ0) is 25.7. The minimum absolute atomic E-state index is 0.122.